The fourth-order valence-electron chi connectivity index (χ4n) is 2.01. The Morgan fingerprint density at radius 2 is 2.05 bits per heavy atom. The standard InChI is InChI=1S/C16H18ClN3O/c1-9(2)11-5-4-10(3)8-13(11)21-16-14(17)12(15(18)19)6-7-20-16/h4-9H,1-3H3,(H3,18,19). The lowest BCUT2D eigenvalue weighted by Gasteiger charge is -2.15. The lowest BCUT2D eigenvalue weighted by molar-refractivity contribution is 0.454. The van der Waals surface area contributed by atoms with Crippen molar-refractivity contribution in [2.45, 2.75) is 26.7 Å². The van der Waals surface area contributed by atoms with E-state index in [1.165, 1.54) is 6.20 Å². The van der Waals surface area contributed by atoms with Crippen molar-refractivity contribution in [2.24, 2.45) is 5.73 Å². The van der Waals surface area contributed by atoms with E-state index >= 15 is 0 Å². The van der Waals surface area contributed by atoms with Crippen LogP contribution in [-0.2, 0) is 0 Å². The zero-order chi connectivity index (χ0) is 15.6. The van der Waals surface area contributed by atoms with Crippen LogP contribution in [-0.4, -0.2) is 10.8 Å². The topological polar surface area (TPSA) is 72.0 Å². The van der Waals surface area contributed by atoms with Crippen molar-refractivity contribution < 1.29 is 4.74 Å². The lowest BCUT2D eigenvalue weighted by atomic mass is 10.0. The highest BCUT2D eigenvalue weighted by atomic mass is 35.5. The minimum absolute atomic E-state index is 0.111. The van der Waals surface area contributed by atoms with Gasteiger partial charge in [0.2, 0.25) is 5.88 Å². The van der Waals surface area contributed by atoms with Gasteiger partial charge in [-0.25, -0.2) is 4.98 Å². The minimum atomic E-state index is -0.111. The number of halogens is 1. The van der Waals surface area contributed by atoms with Gasteiger partial charge in [0.1, 0.15) is 16.6 Å². The molecule has 0 unspecified atom stereocenters. The van der Waals surface area contributed by atoms with Crippen LogP contribution in [0.15, 0.2) is 30.5 Å². The molecule has 0 radical (unpaired) electrons. The highest BCUT2D eigenvalue weighted by Crippen LogP contribution is 2.34. The summed E-state index contributed by atoms with van der Waals surface area (Å²) in [5.41, 5.74) is 8.08. The van der Waals surface area contributed by atoms with Gasteiger partial charge in [0.25, 0.3) is 0 Å². The highest BCUT2D eigenvalue weighted by molar-refractivity contribution is 6.35. The molecule has 0 fully saturated rings. The van der Waals surface area contributed by atoms with Crippen molar-refractivity contribution in [3.8, 4) is 11.6 Å². The Balaban J connectivity index is 2.46. The number of hydrogen-bond donors (Lipinski definition) is 2. The maximum atomic E-state index is 7.51. The third-order valence-electron chi connectivity index (χ3n) is 3.15. The normalized spacial score (nSPS) is 10.7. The molecule has 1 heterocycles. The number of pyridine rings is 1. The van der Waals surface area contributed by atoms with Gasteiger partial charge in [0.05, 0.1) is 0 Å². The Morgan fingerprint density at radius 3 is 2.67 bits per heavy atom. The first-order chi connectivity index (χ1) is 9.90. The quantitative estimate of drug-likeness (QED) is 0.655. The number of ether oxygens (including phenoxy) is 1. The molecule has 0 amide bonds. The number of nitrogens with two attached hydrogens (primary N) is 1. The Labute approximate surface area is 129 Å². The van der Waals surface area contributed by atoms with E-state index in [0.29, 0.717) is 11.5 Å². The van der Waals surface area contributed by atoms with Crippen LogP contribution in [0, 0.1) is 12.3 Å². The largest absolute Gasteiger partial charge is 0.437 e. The molecular formula is C16H18ClN3O. The van der Waals surface area contributed by atoms with E-state index in [2.05, 4.69) is 18.8 Å². The number of rotatable bonds is 4. The van der Waals surface area contributed by atoms with E-state index in [4.69, 9.17) is 27.5 Å². The molecule has 110 valence electrons. The summed E-state index contributed by atoms with van der Waals surface area (Å²) in [5, 5.41) is 7.76. The molecule has 0 spiro atoms. The number of nitrogens with one attached hydrogen (secondary N) is 1. The Morgan fingerprint density at radius 1 is 1.33 bits per heavy atom. The number of nitrogen functional groups attached to an aromatic ring is 1. The lowest BCUT2D eigenvalue weighted by Crippen LogP contribution is -2.12. The molecule has 0 saturated heterocycles. The van der Waals surface area contributed by atoms with E-state index in [1.807, 2.05) is 25.1 Å². The Hall–Kier alpha value is -2.07. The van der Waals surface area contributed by atoms with Crippen LogP contribution < -0.4 is 10.5 Å². The summed E-state index contributed by atoms with van der Waals surface area (Å²) in [6.45, 7) is 6.19. The zero-order valence-corrected chi connectivity index (χ0v) is 13.0. The monoisotopic (exact) mass is 303 g/mol. The number of hydrogen-bond acceptors (Lipinski definition) is 3. The predicted molar refractivity (Wildman–Crippen MR) is 85.6 cm³/mol. The number of aryl methyl sites for hydroxylation is 1. The number of benzene rings is 1. The van der Waals surface area contributed by atoms with E-state index < -0.39 is 0 Å². The molecule has 1 aromatic carbocycles. The molecular weight excluding hydrogens is 286 g/mol. The molecule has 21 heavy (non-hydrogen) atoms. The summed E-state index contributed by atoms with van der Waals surface area (Å²) >= 11 is 6.22. The summed E-state index contributed by atoms with van der Waals surface area (Å²) in [6, 6.07) is 7.63. The van der Waals surface area contributed by atoms with Gasteiger partial charge in [-0.15, -0.1) is 0 Å². The number of aromatic nitrogens is 1. The van der Waals surface area contributed by atoms with Crippen LogP contribution >= 0.6 is 11.6 Å². The van der Waals surface area contributed by atoms with Crippen molar-refractivity contribution in [2.75, 3.05) is 0 Å². The Kier molecular flexibility index (Phi) is 4.48. The molecule has 0 aliphatic carbocycles. The minimum Gasteiger partial charge on any atom is -0.437 e. The molecule has 0 bridgehead atoms. The van der Waals surface area contributed by atoms with Crippen molar-refractivity contribution in [1.82, 2.24) is 4.98 Å². The van der Waals surface area contributed by atoms with Crippen LogP contribution in [0.1, 0.15) is 36.5 Å². The molecule has 4 nitrogen and oxygen atoms in total. The molecule has 5 heteroatoms. The van der Waals surface area contributed by atoms with Gasteiger partial charge in [-0.1, -0.05) is 37.6 Å². The Bertz CT molecular complexity index is 683. The number of amidine groups is 1. The van der Waals surface area contributed by atoms with Crippen molar-refractivity contribution >= 4 is 17.4 Å². The first-order valence-electron chi connectivity index (χ1n) is 6.67. The molecule has 1 aromatic heterocycles. The molecule has 0 atom stereocenters. The first kappa shape index (κ1) is 15.3. The van der Waals surface area contributed by atoms with E-state index in [-0.39, 0.29) is 16.7 Å². The van der Waals surface area contributed by atoms with Crippen LogP contribution in [0.4, 0.5) is 0 Å². The second-order valence-corrected chi connectivity index (χ2v) is 5.57. The van der Waals surface area contributed by atoms with Crippen LogP contribution in [0.5, 0.6) is 11.6 Å². The van der Waals surface area contributed by atoms with Gasteiger partial charge in [0.15, 0.2) is 0 Å². The van der Waals surface area contributed by atoms with Gasteiger partial charge >= 0.3 is 0 Å². The molecule has 0 aliphatic heterocycles. The van der Waals surface area contributed by atoms with Gasteiger partial charge in [-0.05, 0) is 36.1 Å². The first-order valence-corrected chi connectivity index (χ1v) is 7.05. The van der Waals surface area contributed by atoms with Gasteiger partial charge in [0, 0.05) is 11.8 Å². The second-order valence-electron chi connectivity index (χ2n) is 5.19. The van der Waals surface area contributed by atoms with Crippen molar-refractivity contribution in [3.63, 3.8) is 0 Å². The maximum absolute atomic E-state index is 7.51. The molecule has 3 N–H and O–H groups in total. The summed E-state index contributed by atoms with van der Waals surface area (Å²) in [4.78, 5) is 4.14. The molecule has 0 aliphatic rings. The molecule has 0 saturated carbocycles. The van der Waals surface area contributed by atoms with Gasteiger partial charge < -0.3 is 10.5 Å². The molecule has 2 aromatic rings. The van der Waals surface area contributed by atoms with E-state index in [0.717, 1.165) is 16.9 Å². The third-order valence-corrected chi connectivity index (χ3v) is 3.51. The van der Waals surface area contributed by atoms with Crippen LogP contribution in [0.25, 0.3) is 0 Å². The third kappa shape index (κ3) is 3.34. The number of nitrogens with zero attached hydrogens (tertiary/aromatic N) is 1. The fraction of sp³-hybridized carbons (Fsp3) is 0.250. The summed E-state index contributed by atoms with van der Waals surface area (Å²) in [6.07, 6.45) is 1.53. The van der Waals surface area contributed by atoms with E-state index in [1.54, 1.807) is 6.07 Å². The van der Waals surface area contributed by atoms with Gasteiger partial charge in [-0.3, -0.25) is 5.41 Å². The highest BCUT2D eigenvalue weighted by Gasteiger charge is 2.15. The van der Waals surface area contributed by atoms with Crippen molar-refractivity contribution in [1.29, 1.82) is 5.41 Å². The van der Waals surface area contributed by atoms with Crippen molar-refractivity contribution in [3.05, 3.63) is 52.2 Å². The summed E-state index contributed by atoms with van der Waals surface area (Å²) in [7, 11) is 0. The SMILES string of the molecule is Cc1ccc(C(C)C)c(Oc2nccc(C(=N)N)c2Cl)c1. The summed E-state index contributed by atoms with van der Waals surface area (Å²) in [5.74, 6) is 1.19. The summed E-state index contributed by atoms with van der Waals surface area (Å²) < 4.78 is 5.88. The predicted octanol–water partition coefficient (Wildman–Crippen LogP) is 4.24. The fourth-order valence-corrected chi connectivity index (χ4v) is 2.27. The second kappa shape index (κ2) is 6.14. The van der Waals surface area contributed by atoms with Crippen LogP contribution in [0.2, 0.25) is 5.02 Å². The van der Waals surface area contributed by atoms with E-state index in [9.17, 15) is 0 Å². The average Bonchev–Trinajstić information content (AvgIpc) is 2.40. The average molecular weight is 304 g/mol. The molecule has 2 rings (SSSR count). The maximum Gasteiger partial charge on any atom is 0.238 e. The van der Waals surface area contributed by atoms with Crippen LogP contribution in [0.3, 0.4) is 0 Å². The zero-order valence-electron chi connectivity index (χ0n) is 12.3. The smallest absolute Gasteiger partial charge is 0.238 e. The van der Waals surface area contributed by atoms with Gasteiger partial charge in [-0.2, -0.15) is 0 Å².